The van der Waals surface area contributed by atoms with Crippen molar-refractivity contribution in [3.8, 4) is 11.1 Å². The van der Waals surface area contributed by atoms with Gasteiger partial charge in [0.1, 0.15) is 11.6 Å². The summed E-state index contributed by atoms with van der Waals surface area (Å²) in [6.07, 6.45) is 0.803. The minimum atomic E-state index is -0.589. The molecule has 2 aliphatic rings. The quantitative estimate of drug-likeness (QED) is 0.297. The number of fused-ring (bicyclic) bond motifs is 1. The average molecular weight is 554 g/mol. The topological polar surface area (TPSA) is 43.9 Å². The van der Waals surface area contributed by atoms with Gasteiger partial charge in [0.2, 0.25) is 5.91 Å². The van der Waals surface area contributed by atoms with Gasteiger partial charge in [-0.2, -0.15) is 0 Å². The fourth-order valence-corrected chi connectivity index (χ4v) is 6.45. The van der Waals surface area contributed by atoms with Crippen molar-refractivity contribution in [3.05, 3.63) is 108 Å². The third-order valence-corrected chi connectivity index (χ3v) is 8.66. The Hall–Kier alpha value is -4.26. The largest absolute Gasteiger partial charge is 0.339 e. The van der Waals surface area contributed by atoms with E-state index < -0.39 is 11.6 Å². The Morgan fingerprint density at radius 2 is 1.37 bits per heavy atom. The summed E-state index contributed by atoms with van der Waals surface area (Å²) in [5.74, 6) is -0.911. The summed E-state index contributed by atoms with van der Waals surface area (Å²) in [6.45, 7) is 4.88. The first kappa shape index (κ1) is 26.9. The van der Waals surface area contributed by atoms with E-state index in [0.717, 1.165) is 12.0 Å². The highest BCUT2D eigenvalue weighted by atomic mass is 19.1. The van der Waals surface area contributed by atoms with Crippen LogP contribution in [0.1, 0.15) is 24.0 Å². The predicted molar refractivity (Wildman–Crippen MR) is 156 cm³/mol. The van der Waals surface area contributed by atoms with Gasteiger partial charge in [-0.25, -0.2) is 13.6 Å². The maximum Gasteiger partial charge on any atom is 0.320 e. The van der Waals surface area contributed by atoms with Crippen molar-refractivity contribution >= 4 is 22.7 Å². The molecule has 0 saturated carbocycles. The van der Waals surface area contributed by atoms with Crippen molar-refractivity contribution in [2.24, 2.45) is 5.92 Å². The third-order valence-electron chi connectivity index (χ3n) is 8.66. The van der Waals surface area contributed by atoms with E-state index in [0.29, 0.717) is 44.8 Å². The summed E-state index contributed by atoms with van der Waals surface area (Å²) >= 11 is 0. The molecular weight excluding hydrogens is 520 g/mol. The second-order valence-electron chi connectivity index (χ2n) is 11.1. The molecule has 0 aromatic heterocycles. The van der Waals surface area contributed by atoms with Gasteiger partial charge in [-0.3, -0.25) is 4.79 Å². The number of nitrogens with zero attached hydrogens (tertiary/aromatic N) is 3. The van der Waals surface area contributed by atoms with Crippen LogP contribution < -0.4 is 0 Å². The van der Waals surface area contributed by atoms with Crippen LogP contribution in [0.2, 0.25) is 0 Å². The smallest absolute Gasteiger partial charge is 0.320 e. The van der Waals surface area contributed by atoms with Gasteiger partial charge in [-0.15, -0.1) is 0 Å². The molecule has 7 heteroatoms. The molecule has 6 rings (SSSR count). The lowest BCUT2D eigenvalue weighted by Crippen LogP contribution is -2.53. The van der Waals surface area contributed by atoms with Crippen LogP contribution in [0, 0.1) is 17.6 Å². The molecular formula is C34H33F2N3O2. The molecule has 0 bridgehead atoms. The number of piperazine rings is 1. The summed E-state index contributed by atoms with van der Waals surface area (Å²) in [4.78, 5) is 31.0. The normalized spacial score (nSPS) is 19.1. The Kier molecular flexibility index (Phi) is 7.43. The Bertz CT molecular complexity index is 1560. The molecule has 0 aliphatic carbocycles. The fourth-order valence-electron chi connectivity index (χ4n) is 6.45. The Labute approximate surface area is 239 Å². The number of likely N-dealkylation sites (tertiary alicyclic amines) is 1. The molecule has 41 heavy (non-hydrogen) atoms. The number of amides is 3. The van der Waals surface area contributed by atoms with E-state index in [1.165, 1.54) is 34.5 Å². The van der Waals surface area contributed by atoms with E-state index in [4.69, 9.17) is 0 Å². The number of carbonyl (C=O) groups is 2. The maximum atomic E-state index is 14.4. The SMILES string of the molecule is CC(=O)N1CCN(C(=O)N2C[C@@H](Cc3cccc4ccccc34)[C@H](c3ccc(-c4c(F)cccc4F)cc3)C2)CC1. The summed E-state index contributed by atoms with van der Waals surface area (Å²) in [7, 11) is 0. The van der Waals surface area contributed by atoms with Crippen molar-refractivity contribution in [2.45, 2.75) is 19.3 Å². The first-order valence-electron chi connectivity index (χ1n) is 14.2. The third kappa shape index (κ3) is 5.41. The van der Waals surface area contributed by atoms with Crippen LogP contribution in [0.4, 0.5) is 13.6 Å². The van der Waals surface area contributed by atoms with Gasteiger partial charge >= 0.3 is 6.03 Å². The summed E-state index contributed by atoms with van der Waals surface area (Å²) in [6, 6.07) is 26.0. The number of halogens is 2. The number of rotatable bonds is 4. The van der Waals surface area contributed by atoms with Gasteiger partial charge in [0, 0.05) is 52.1 Å². The Morgan fingerprint density at radius 3 is 2.07 bits per heavy atom. The number of hydrogen-bond acceptors (Lipinski definition) is 2. The standard InChI is InChI=1S/C34H33F2N3O2/c1-23(40)37-16-18-38(19-17-37)34(41)39-21-28(20-27-8-4-7-24-6-2-3-9-29(24)27)30(22-39)25-12-14-26(15-13-25)33-31(35)10-5-11-32(33)36/h2-15,28,30H,16-22H2,1H3/t28-,30+/m1/s1. The first-order chi connectivity index (χ1) is 19.9. The molecule has 2 aliphatic heterocycles. The van der Waals surface area contributed by atoms with Gasteiger partial charge in [0.25, 0.3) is 0 Å². The van der Waals surface area contributed by atoms with Gasteiger partial charge in [-0.05, 0) is 51.9 Å². The molecule has 0 radical (unpaired) electrons. The summed E-state index contributed by atoms with van der Waals surface area (Å²) in [5.41, 5.74) is 2.75. The van der Waals surface area contributed by atoms with Crippen LogP contribution in [-0.2, 0) is 11.2 Å². The zero-order chi connectivity index (χ0) is 28.5. The summed E-state index contributed by atoms with van der Waals surface area (Å²) < 4.78 is 28.9. The number of urea groups is 1. The fraction of sp³-hybridized carbons (Fsp3) is 0.294. The Balaban J connectivity index is 1.28. The van der Waals surface area contributed by atoms with Gasteiger partial charge in [0.15, 0.2) is 0 Å². The molecule has 3 amide bonds. The minimum absolute atomic E-state index is 0.00340. The zero-order valence-electron chi connectivity index (χ0n) is 23.1. The minimum Gasteiger partial charge on any atom is -0.339 e. The van der Waals surface area contributed by atoms with Gasteiger partial charge < -0.3 is 14.7 Å². The van der Waals surface area contributed by atoms with Crippen molar-refractivity contribution in [1.29, 1.82) is 0 Å². The van der Waals surface area contributed by atoms with Crippen molar-refractivity contribution in [1.82, 2.24) is 14.7 Å². The first-order valence-corrected chi connectivity index (χ1v) is 14.2. The van der Waals surface area contributed by atoms with E-state index in [1.54, 1.807) is 24.0 Å². The highest BCUT2D eigenvalue weighted by Gasteiger charge is 2.38. The second-order valence-corrected chi connectivity index (χ2v) is 11.1. The zero-order valence-corrected chi connectivity index (χ0v) is 23.1. The van der Waals surface area contributed by atoms with Crippen molar-refractivity contribution in [3.63, 3.8) is 0 Å². The molecule has 0 unspecified atom stereocenters. The highest BCUT2D eigenvalue weighted by molar-refractivity contribution is 5.85. The van der Waals surface area contributed by atoms with E-state index in [1.807, 2.05) is 28.0 Å². The van der Waals surface area contributed by atoms with Crippen LogP contribution >= 0.6 is 0 Å². The highest BCUT2D eigenvalue weighted by Crippen LogP contribution is 2.38. The van der Waals surface area contributed by atoms with Crippen LogP contribution in [-0.4, -0.2) is 65.9 Å². The lowest BCUT2D eigenvalue weighted by atomic mass is 9.83. The molecule has 4 aromatic carbocycles. The van der Waals surface area contributed by atoms with Crippen LogP contribution in [0.15, 0.2) is 84.9 Å². The van der Waals surface area contributed by atoms with Gasteiger partial charge in [0.05, 0.1) is 5.56 Å². The lowest BCUT2D eigenvalue weighted by Gasteiger charge is -2.36. The molecule has 210 valence electrons. The van der Waals surface area contributed by atoms with Crippen LogP contribution in [0.25, 0.3) is 21.9 Å². The number of benzene rings is 4. The van der Waals surface area contributed by atoms with Gasteiger partial charge in [-0.1, -0.05) is 72.8 Å². The van der Waals surface area contributed by atoms with E-state index in [9.17, 15) is 18.4 Å². The second kappa shape index (κ2) is 11.3. The molecule has 0 N–H and O–H groups in total. The molecule has 0 spiro atoms. The predicted octanol–water partition coefficient (Wildman–Crippen LogP) is 6.33. The van der Waals surface area contributed by atoms with Crippen LogP contribution in [0.3, 0.4) is 0 Å². The summed E-state index contributed by atoms with van der Waals surface area (Å²) in [5, 5.41) is 2.40. The maximum absolute atomic E-state index is 14.4. The Morgan fingerprint density at radius 1 is 0.732 bits per heavy atom. The van der Waals surface area contributed by atoms with Crippen molar-refractivity contribution < 1.29 is 18.4 Å². The molecule has 2 saturated heterocycles. The monoisotopic (exact) mass is 553 g/mol. The molecule has 2 heterocycles. The lowest BCUT2D eigenvalue weighted by molar-refractivity contribution is -0.130. The molecule has 5 nitrogen and oxygen atoms in total. The van der Waals surface area contributed by atoms with Crippen LogP contribution in [0.5, 0.6) is 0 Å². The number of hydrogen-bond donors (Lipinski definition) is 0. The average Bonchev–Trinajstić information content (AvgIpc) is 3.41. The number of carbonyl (C=O) groups excluding carboxylic acids is 2. The molecule has 4 aromatic rings. The van der Waals surface area contributed by atoms with E-state index in [-0.39, 0.29) is 29.3 Å². The van der Waals surface area contributed by atoms with E-state index in [2.05, 4.69) is 36.4 Å². The van der Waals surface area contributed by atoms with Crippen molar-refractivity contribution in [2.75, 3.05) is 39.3 Å². The molecule has 2 fully saturated rings. The van der Waals surface area contributed by atoms with E-state index >= 15 is 0 Å². The molecule has 2 atom stereocenters.